The van der Waals surface area contributed by atoms with Gasteiger partial charge in [-0.15, -0.1) is 0 Å². The molecule has 0 saturated heterocycles. The van der Waals surface area contributed by atoms with Crippen molar-refractivity contribution in [2.45, 2.75) is 44.2 Å². The lowest BCUT2D eigenvalue weighted by Gasteiger charge is -2.25. The minimum absolute atomic E-state index is 0.0933. The topological polar surface area (TPSA) is 94.2 Å². The maximum atomic E-state index is 12.4. The molecule has 0 aliphatic heterocycles. The number of amides is 4. The van der Waals surface area contributed by atoms with E-state index in [0.717, 1.165) is 0 Å². The highest BCUT2D eigenvalue weighted by atomic mass is 79.9. The third-order valence-corrected chi connectivity index (χ3v) is 4.47. The van der Waals surface area contributed by atoms with Crippen LogP contribution in [0, 0.1) is 0 Å². The van der Waals surface area contributed by atoms with Gasteiger partial charge in [0.25, 0.3) is 0 Å². The number of halogens is 2. The second kappa shape index (κ2) is 11.4. The summed E-state index contributed by atoms with van der Waals surface area (Å²) in [7, 11) is 1.55. The molecule has 1 N–H and O–H groups in total. The Hall–Kier alpha value is -1.65. The first-order valence-corrected chi connectivity index (χ1v) is 10.4. The van der Waals surface area contributed by atoms with E-state index in [0.29, 0.717) is 28.1 Å². The minimum Gasteiger partial charge on any atom is -0.497 e. The highest BCUT2D eigenvalue weighted by molar-refractivity contribution is 9.10. The van der Waals surface area contributed by atoms with Crippen molar-refractivity contribution >= 4 is 49.9 Å². The van der Waals surface area contributed by atoms with Gasteiger partial charge in [0.05, 0.1) is 11.9 Å². The monoisotopic (exact) mass is 522 g/mol. The Labute approximate surface area is 181 Å². The lowest BCUT2D eigenvalue weighted by Crippen LogP contribution is -2.49. The number of rotatable bonds is 7. The molecule has 1 aromatic rings. The molecule has 1 rings (SSSR count). The van der Waals surface area contributed by atoms with E-state index < -0.39 is 28.5 Å². The summed E-state index contributed by atoms with van der Waals surface area (Å²) >= 11 is 6.39. The second-order valence-electron chi connectivity index (χ2n) is 6.64. The molecule has 1 aromatic carbocycles. The number of methoxy groups -OCH3 is 1. The third kappa shape index (κ3) is 8.57. The van der Waals surface area contributed by atoms with Gasteiger partial charge in [0.1, 0.15) is 18.0 Å². The molecule has 0 spiro atoms. The van der Waals surface area contributed by atoms with Crippen molar-refractivity contribution in [2.24, 2.45) is 0 Å². The number of hydrogen-bond donors (Lipinski definition) is 1. The molecule has 156 valence electrons. The van der Waals surface area contributed by atoms with E-state index >= 15 is 0 Å². The molecule has 4 amide bonds. The number of alkyl halides is 2. The summed E-state index contributed by atoms with van der Waals surface area (Å²) in [6.07, 6.45) is -0.573. The Bertz CT molecular complexity index is 676. The Balaban J connectivity index is 2.86. The molecule has 1 atom stereocenters. The first-order chi connectivity index (χ1) is 13.1. The lowest BCUT2D eigenvalue weighted by molar-refractivity contribution is -0.129. The van der Waals surface area contributed by atoms with Crippen LogP contribution < -0.4 is 10.1 Å². The van der Waals surface area contributed by atoms with Crippen molar-refractivity contribution < 1.29 is 28.7 Å². The van der Waals surface area contributed by atoms with Gasteiger partial charge in [-0.1, -0.05) is 49.1 Å². The minimum atomic E-state index is -1.04. The molecule has 0 heterocycles. The molecule has 0 radical (unpaired) electrons. The quantitative estimate of drug-likeness (QED) is 0.426. The van der Waals surface area contributed by atoms with E-state index in [2.05, 4.69) is 37.2 Å². The number of hydroxylamine groups is 2. The highest BCUT2D eigenvalue weighted by Gasteiger charge is 2.31. The van der Waals surface area contributed by atoms with Gasteiger partial charge in [-0.25, -0.2) is 9.59 Å². The summed E-state index contributed by atoms with van der Waals surface area (Å²) in [6.45, 7) is 4.87. The summed E-state index contributed by atoms with van der Waals surface area (Å²) in [6, 6.07) is 5.84. The van der Waals surface area contributed by atoms with Crippen LogP contribution in [0.3, 0.4) is 0 Å². The van der Waals surface area contributed by atoms with E-state index in [9.17, 15) is 14.4 Å². The molecule has 0 fully saturated rings. The standard InChI is InChI=1S/C18H24Br2N2O6/c1-18(2,3)28-17(25)22(16(24)21-15(23)14(20)9-10-19)27-11-12-5-7-13(26-4)8-6-12/h5-8,14H,9-11H2,1-4H3,(H,21,23,24). The average Bonchev–Trinajstić information content (AvgIpc) is 2.61. The van der Waals surface area contributed by atoms with E-state index in [1.165, 1.54) is 0 Å². The second-order valence-corrected chi connectivity index (χ2v) is 8.53. The fourth-order valence-corrected chi connectivity index (χ4v) is 3.24. The zero-order valence-corrected chi connectivity index (χ0v) is 19.3. The zero-order valence-electron chi connectivity index (χ0n) is 16.2. The molecular weight excluding hydrogens is 500 g/mol. The fraction of sp³-hybridized carbons (Fsp3) is 0.500. The van der Waals surface area contributed by atoms with Gasteiger partial charge < -0.3 is 9.47 Å². The summed E-state index contributed by atoms with van der Waals surface area (Å²) in [5.41, 5.74) is -0.164. The Morgan fingerprint density at radius 1 is 1.18 bits per heavy atom. The molecule has 0 aliphatic carbocycles. The molecule has 0 saturated carbocycles. The van der Waals surface area contributed by atoms with Crippen LogP contribution in [0.15, 0.2) is 24.3 Å². The number of carbonyl (C=O) groups is 3. The molecule has 28 heavy (non-hydrogen) atoms. The van der Waals surface area contributed by atoms with Crippen LogP contribution in [-0.4, -0.2) is 46.0 Å². The van der Waals surface area contributed by atoms with Crippen LogP contribution in [-0.2, 0) is 21.0 Å². The van der Waals surface area contributed by atoms with Gasteiger partial charge >= 0.3 is 12.1 Å². The average molecular weight is 524 g/mol. The van der Waals surface area contributed by atoms with Crippen LogP contribution in [0.4, 0.5) is 9.59 Å². The molecular formula is C18H24Br2N2O6. The van der Waals surface area contributed by atoms with E-state index in [1.807, 2.05) is 0 Å². The van der Waals surface area contributed by atoms with Crippen LogP contribution in [0.25, 0.3) is 0 Å². The lowest BCUT2D eigenvalue weighted by atomic mass is 10.2. The number of benzene rings is 1. The number of carbonyl (C=O) groups excluding carboxylic acids is 3. The van der Waals surface area contributed by atoms with Crippen molar-refractivity contribution in [1.82, 2.24) is 10.4 Å². The van der Waals surface area contributed by atoms with Gasteiger partial charge in [-0.3, -0.25) is 14.9 Å². The number of urea groups is 1. The number of nitrogens with zero attached hydrogens (tertiary/aromatic N) is 1. The predicted molar refractivity (Wildman–Crippen MR) is 111 cm³/mol. The van der Waals surface area contributed by atoms with Crippen LogP contribution in [0.1, 0.15) is 32.8 Å². The molecule has 10 heteroatoms. The molecule has 0 bridgehead atoms. The third-order valence-electron chi connectivity index (χ3n) is 3.14. The van der Waals surface area contributed by atoms with Crippen molar-refractivity contribution in [1.29, 1.82) is 0 Å². The molecule has 8 nitrogen and oxygen atoms in total. The van der Waals surface area contributed by atoms with Crippen molar-refractivity contribution in [3.63, 3.8) is 0 Å². The Morgan fingerprint density at radius 3 is 2.29 bits per heavy atom. The van der Waals surface area contributed by atoms with Crippen LogP contribution in [0.5, 0.6) is 5.75 Å². The van der Waals surface area contributed by atoms with E-state index in [-0.39, 0.29) is 6.61 Å². The summed E-state index contributed by atoms with van der Waals surface area (Å²) < 4.78 is 10.3. The summed E-state index contributed by atoms with van der Waals surface area (Å²) in [5.74, 6) is 0.0669. The molecule has 1 unspecified atom stereocenters. The smallest absolute Gasteiger partial charge is 0.443 e. The van der Waals surface area contributed by atoms with E-state index in [4.69, 9.17) is 14.3 Å². The number of hydrogen-bond acceptors (Lipinski definition) is 6. The number of ether oxygens (including phenoxy) is 2. The van der Waals surface area contributed by atoms with Gasteiger partial charge in [0.15, 0.2) is 0 Å². The number of imide groups is 2. The number of nitrogens with one attached hydrogen (secondary N) is 1. The molecule has 0 aliphatic rings. The maximum Gasteiger partial charge on any atom is 0.443 e. The van der Waals surface area contributed by atoms with Crippen LogP contribution in [0.2, 0.25) is 0 Å². The summed E-state index contributed by atoms with van der Waals surface area (Å²) in [5, 5.41) is 3.09. The van der Waals surface area contributed by atoms with E-state index in [1.54, 1.807) is 52.1 Å². The van der Waals surface area contributed by atoms with Crippen molar-refractivity contribution in [3.8, 4) is 5.75 Å². The Morgan fingerprint density at radius 2 is 1.79 bits per heavy atom. The largest absolute Gasteiger partial charge is 0.497 e. The van der Waals surface area contributed by atoms with Crippen molar-refractivity contribution in [2.75, 3.05) is 12.4 Å². The maximum absolute atomic E-state index is 12.4. The Kier molecular flexibility index (Phi) is 9.91. The van der Waals surface area contributed by atoms with Gasteiger partial charge in [-0.2, -0.15) is 0 Å². The van der Waals surface area contributed by atoms with Gasteiger partial charge in [0, 0.05) is 5.33 Å². The van der Waals surface area contributed by atoms with Gasteiger partial charge in [-0.05, 0) is 44.9 Å². The fourth-order valence-electron chi connectivity index (χ4n) is 1.82. The normalized spacial score (nSPS) is 12.1. The summed E-state index contributed by atoms with van der Waals surface area (Å²) in [4.78, 5) is 41.6. The molecule has 0 aromatic heterocycles. The van der Waals surface area contributed by atoms with Crippen LogP contribution >= 0.6 is 31.9 Å². The van der Waals surface area contributed by atoms with Gasteiger partial charge in [0.2, 0.25) is 5.91 Å². The zero-order chi connectivity index (χ0) is 21.3. The SMILES string of the molecule is COc1ccc(CON(C(=O)NC(=O)C(Br)CCBr)C(=O)OC(C)(C)C)cc1. The first-order valence-electron chi connectivity index (χ1n) is 8.41. The first kappa shape index (κ1) is 24.4. The van der Waals surface area contributed by atoms with Crippen molar-refractivity contribution in [3.05, 3.63) is 29.8 Å². The highest BCUT2D eigenvalue weighted by Crippen LogP contribution is 2.15. The predicted octanol–water partition coefficient (Wildman–Crippen LogP) is 4.15.